The SMILES string of the molecule is NC(Cc1ccc(Cl)c(Cl)c1)c1ccc(Br)cn1. The summed E-state index contributed by atoms with van der Waals surface area (Å²) in [6, 6.07) is 9.22. The second kappa shape index (κ2) is 6.02. The molecule has 1 heterocycles. The molecule has 18 heavy (non-hydrogen) atoms. The zero-order valence-electron chi connectivity index (χ0n) is 9.41. The van der Waals surface area contributed by atoms with Crippen molar-refractivity contribution in [1.82, 2.24) is 4.98 Å². The zero-order chi connectivity index (χ0) is 13.1. The number of hydrogen-bond acceptors (Lipinski definition) is 2. The van der Waals surface area contributed by atoms with Crippen molar-refractivity contribution < 1.29 is 0 Å². The van der Waals surface area contributed by atoms with E-state index in [4.69, 9.17) is 28.9 Å². The lowest BCUT2D eigenvalue weighted by Crippen LogP contribution is -2.14. The van der Waals surface area contributed by atoms with E-state index in [1.807, 2.05) is 24.3 Å². The summed E-state index contributed by atoms with van der Waals surface area (Å²) in [4.78, 5) is 4.28. The lowest BCUT2D eigenvalue weighted by atomic mass is 10.0. The molecule has 1 aromatic carbocycles. The molecule has 5 heteroatoms. The molecule has 0 amide bonds. The molecule has 0 spiro atoms. The van der Waals surface area contributed by atoms with Gasteiger partial charge < -0.3 is 5.73 Å². The Bertz CT molecular complexity index is 543. The van der Waals surface area contributed by atoms with Gasteiger partial charge in [0.25, 0.3) is 0 Å². The van der Waals surface area contributed by atoms with Crippen LogP contribution >= 0.6 is 39.1 Å². The van der Waals surface area contributed by atoms with Crippen LogP contribution in [0, 0.1) is 0 Å². The van der Waals surface area contributed by atoms with E-state index < -0.39 is 0 Å². The highest BCUT2D eigenvalue weighted by Crippen LogP contribution is 2.24. The van der Waals surface area contributed by atoms with Crippen molar-refractivity contribution in [2.75, 3.05) is 0 Å². The van der Waals surface area contributed by atoms with Crippen molar-refractivity contribution in [1.29, 1.82) is 0 Å². The van der Waals surface area contributed by atoms with Gasteiger partial charge in [-0.25, -0.2) is 0 Å². The molecule has 0 bridgehead atoms. The van der Waals surface area contributed by atoms with Gasteiger partial charge in [-0.05, 0) is 52.2 Å². The number of benzene rings is 1. The first-order chi connectivity index (χ1) is 8.56. The van der Waals surface area contributed by atoms with Crippen LogP contribution in [-0.2, 0) is 6.42 Å². The van der Waals surface area contributed by atoms with Crippen molar-refractivity contribution in [2.24, 2.45) is 5.73 Å². The minimum Gasteiger partial charge on any atom is -0.322 e. The summed E-state index contributed by atoms with van der Waals surface area (Å²) in [7, 11) is 0. The van der Waals surface area contributed by atoms with Crippen LogP contribution in [0.15, 0.2) is 41.0 Å². The smallest absolute Gasteiger partial charge is 0.0595 e. The van der Waals surface area contributed by atoms with Gasteiger partial charge in [-0.3, -0.25) is 4.98 Å². The molecule has 2 N–H and O–H groups in total. The Morgan fingerprint density at radius 3 is 2.56 bits per heavy atom. The van der Waals surface area contributed by atoms with Crippen molar-refractivity contribution in [3.05, 3.63) is 62.3 Å². The summed E-state index contributed by atoms with van der Waals surface area (Å²) >= 11 is 15.2. The van der Waals surface area contributed by atoms with E-state index in [0.29, 0.717) is 16.5 Å². The molecule has 0 aliphatic heterocycles. The summed E-state index contributed by atoms with van der Waals surface area (Å²) in [5.41, 5.74) is 8.01. The Labute approximate surface area is 124 Å². The maximum absolute atomic E-state index is 6.11. The molecular formula is C13H11BrCl2N2. The minimum absolute atomic E-state index is 0.157. The lowest BCUT2D eigenvalue weighted by molar-refractivity contribution is 0.696. The fourth-order valence-electron chi connectivity index (χ4n) is 1.63. The average molecular weight is 346 g/mol. The van der Waals surface area contributed by atoms with Gasteiger partial charge in [0.15, 0.2) is 0 Å². The summed E-state index contributed by atoms with van der Waals surface area (Å²) in [5, 5.41) is 1.10. The monoisotopic (exact) mass is 344 g/mol. The Morgan fingerprint density at radius 1 is 1.17 bits per heavy atom. The largest absolute Gasteiger partial charge is 0.322 e. The highest BCUT2D eigenvalue weighted by Gasteiger charge is 2.09. The van der Waals surface area contributed by atoms with Gasteiger partial charge in [0.2, 0.25) is 0 Å². The van der Waals surface area contributed by atoms with E-state index >= 15 is 0 Å². The van der Waals surface area contributed by atoms with Crippen LogP contribution in [0.25, 0.3) is 0 Å². The Hall–Kier alpha value is -0.610. The molecule has 1 atom stereocenters. The van der Waals surface area contributed by atoms with E-state index in [-0.39, 0.29) is 6.04 Å². The first-order valence-corrected chi connectivity index (χ1v) is 6.92. The van der Waals surface area contributed by atoms with Crippen LogP contribution in [0.2, 0.25) is 10.0 Å². The molecule has 0 aliphatic rings. The molecule has 0 aliphatic carbocycles. The van der Waals surface area contributed by atoms with Crippen molar-refractivity contribution >= 4 is 39.1 Å². The number of halogens is 3. The zero-order valence-corrected chi connectivity index (χ0v) is 12.5. The third-order valence-electron chi connectivity index (χ3n) is 2.57. The van der Waals surface area contributed by atoms with Crippen molar-refractivity contribution in [3.8, 4) is 0 Å². The summed E-state index contributed by atoms with van der Waals surface area (Å²) in [6.07, 6.45) is 2.41. The van der Waals surface area contributed by atoms with Gasteiger partial charge in [0.1, 0.15) is 0 Å². The Kier molecular flexibility index (Phi) is 4.62. The molecule has 2 nitrogen and oxygen atoms in total. The summed E-state index contributed by atoms with van der Waals surface area (Å²) in [6.45, 7) is 0. The number of pyridine rings is 1. The van der Waals surface area contributed by atoms with Gasteiger partial charge in [0.05, 0.1) is 21.8 Å². The van der Waals surface area contributed by atoms with Crippen LogP contribution in [0.3, 0.4) is 0 Å². The molecule has 2 rings (SSSR count). The second-order valence-corrected chi connectivity index (χ2v) is 5.69. The lowest BCUT2D eigenvalue weighted by Gasteiger charge is -2.11. The van der Waals surface area contributed by atoms with Crippen LogP contribution in [-0.4, -0.2) is 4.98 Å². The summed E-state index contributed by atoms with van der Waals surface area (Å²) < 4.78 is 0.938. The van der Waals surface area contributed by atoms with Gasteiger partial charge >= 0.3 is 0 Å². The van der Waals surface area contributed by atoms with Crippen LogP contribution in [0.5, 0.6) is 0 Å². The van der Waals surface area contributed by atoms with Crippen LogP contribution in [0.1, 0.15) is 17.3 Å². The average Bonchev–Trinajstić information content (AvgIpc) is 2.34. The van der Waals surface area contributed by atoms with Crippen molar-refractivity contribution in [2.45, 2.75) is 12.5 Å². The first kappa shape index (κ1) is 13.8. The van der Waals surface area contributed by atoms with Gasteiger partial charge in [0, 0.05) is 10.7 Å². The molecule has 0 saturated heterocycles. The molecule has 2 aromatic rings. The highest BCUT2D eigenvalue weighted by molar-refractivity contribution is 9.10. The molecular weight excluding hydrogens is 335 g/mol. The molecule has 0 radical (unpaired) electrons. The van der Waals surface area contributed by atoms with Crippen LogP contribution in [0.4, 0.5) is 0 Å². The fraction of sp³-hybridized carbons (Fsp3) is 0.154. The standard InChI is InChI=1S/C13H11BrCl2N2/c14-9-2-4-13(18-7-9)12(17)6-8-1-3-10(15)11(16)5-8/h1-5,7,12H,6,17H2. The van der Waals surface area contributed by atoms with E-state index in [1.165, 1.54) is 0 Å². The predicted molar refractivity (Wildman–Crippen MR) is 79.0 cm³/mol. The molecule has 1 unspecified atom stereocenters. The third-order valence-corrected chi connectivity index (χ3v) is 3.78. The topological polar surface area (TPSA) is 38.9 Å². The number of aromatic nitrogens is 1. The van der Waals surface area contributed by atoms with Crippen molar-refractivity contribution in [3.63, 3.8) is 0 Å². The Balaban J connectivity index is 2.13. The van der Waals surface area contributed by atoms with E-state index in [1.54, 1.807) is 12.3 Å². The van der Waals surface area contributed by atoms with Gasteiger partial charge in [-0.1, -0.05) is 29.3 Å². The third kappa shape index (κ3) is 3.45. The van der Waals surface area contributed by atoms with E-state index in [0.717, 1.165) is 15.7 Å². The highest BCUT2D eigenvalue weighted by atomic mass is 79.9. The van der Waals surface area contributed by atoms with Gasteiger partial charge in [-0.2, -0.15) is 0 Å². The van der Waals surface area contributed by atoms with Crippen LogP contribution < -0.4 is 5.73 Å². The number of hydrogen-bond donors (Lipinski definition) is 1. The number of nitrogens with two attached hydrogens (primary N) is 1. The minimum atomic E-state index is -0.157. The first-order valence-electron chi connectivity index (χ1n) is 5.37. The number of nitrogens with zero attached hydrogens (tertiary/aromatic N) is 1. The van der Waals surface area contributed by atoms with E-state index in [2.05, 4.69) is 20.9 Å². The van der Waals surface area contributed by atoms with Gasteiger partial charge in [-0.15, -0.1) is 0 Å². The normalized spacial score (nSPS) is 12.4. The maximum atomic E-state index is 6.11. The van der Waals surface area contributed by atoms with E-state index in [9.17, 15) is 0 Å². The molecule has 94 valence electrons. The summed E-state index contributed by atoms with van der Waals surface area (Å²) in [5.74, 6) is 0. The molecule has 0 fully saturated rings. The quantitative estimate of drug-likeness (QED) is 0.895. The second-order valence-electron chi connectivity index (χ2n) is 3.96. The predicted octanol–water partition coefficient (Wildman–Crippen LogP) is 4.39. The Morgan fingerprint density at radius 2 is 1.94 bits per heavy atom. The number of rotatable bonds is 3. The molecule has 0 saturated carbocycles. The maximum Gasteiger partial charge on any atom is 0.0595 e. The molecule has 1 aromatic heterocycles. The fourth-order valence-corrected chi connectivity index (χ4v) is 2.19.